The van der Waals surface area contributed by atoms with Gasteiger partial charge in [-0.25, -0.2) is 0 Å². The molecule has 8 aliphatic rings. The van der Waals surface area contributed by atoms with E-state index in [0.29, 0.717) is 66.4 Å². The molecule has 5 unspecified atom stereocenters. The number of hydrogen-bond acceptors (Lipinski definition) is 8. The van der Waals surface area contributed by atoms with Gasteiger partial charge in [0.05, 0.1) is 11.2 Å². The van der Waals surface area contributed by atoms with Gasteiger partial charge in [-0.1, -0.05) is 48.3 Å². The molecule has 1 spiro atoms. The largest absolute Gasteiger partial charge is 0.506 e. The molecule has 0 aromatic heterocycles. The summed E-state index contributed by atoms with van der Waals surface area (Å²) in [6, 6.07) is 0.631. The monoisotopic (exact) mass is 764 g/mol. The number of ketones is 2. The standard InChI is InChI=1S/C47H60N2O7/c1-28(2)12-11-19-45(8)20-18-33-38(50)37-39(51)35-26-31-27-36-44(6,7)56-46(42(31)52,47(35,36)55-41(37)34(40(33)54-45)16-15-29(3)4)21-17-30(5)43(53)49-24-22-48(23-25-49)32-13-9-10-14-32/h12,15,17-18,20,26,31-32,36,50H,9-11,13-14,16,19,21-25,27H2,1-8H3/b30-17-. The van der Waals surface area contributed by atoms with Crippen molar-refractivity contribution in [3.05, 3.63) is 69.4 Å². The number of carbonyl (C=O) groups excluding carboxylic acids is 3. The van der Waals surface area contributed by atoms with E-state index in [9.17, 15) is 14.7 Å². The van der Waals surface area contributed by atoms with Crippen molar-refractivity contribution in [2.75, 3.05) is 26.2 Å². The minimum absolute atomic E-state index is 0.0349. The molecule has 4 fully saturated rings. The van der Waals surface area contributed by atoms with Crippen LogP contribution in [0.2, 0.25) is 0 Å². The molecule has 2 saturated carbocycles. The topological polar surface area (TPSA) is 106 Å². The quantitative estimate of drug-likeness (QED) is 0.198. The van der Waals surface area contributed by atoms with Crippen LogP contribution in [0.1, 0.15) is 128 Å². The molecule has 1 aromatic rings. The van der Waals surface area contributed by atoms with Gasteiger partial charge < -0.3 is 24.2 Å². The lowest BCUT2D eigenvalue weighted by Gasteiger charge is -2.56. The minimum atomic E-state index is -1.55. The Morgan fingerprint density at radius 3 is 2.30 bits per heavy atom. The Labute approximate surface area is 332 Å². The fourth-order valence-corrected chi connectivity index (χ4v) is 11.0. The first-order valence-electron chi connectivity index (χ1n) is 21.0. The molecule has 1 amide bonds. The van der Waals surface area contributed by atoms with E-state index >= 15 is 4.79 Å². The first-order chi connectivity index (χ1) is 26.5. The number of Topliss-reactive ketones (excluding diaryl/α,β-unsaturated/α-hetero) is 2. The van der Waals surface area contributed by atoms with Crippen molar-refractivity contribution in [1.82, 2.24) is 9.80 Å². The highest BCUT2D eigenvalue weighted by molar-refractivity contribution is 6.19. The summed E-state index contributed by atoms with van der Waals surface area (Å²) in [5, 5.41) is 12.0. The van der Waals surface area contributed by atoms with E-state index in [0.717, 1.165) is 25.1 Å². The molecular weight excluding hydrogens is 705 g/mol. The number of phenolic OH excluding ortho intramolecular Hbond substituents is 1. The lowest BCUT2D eigenvalue weighted by atomic mass is 9.51. The smallest absolute Gasteiger partial charge is 0.249 e. The molecule has 9 nitrogen and oxygen atoms in total. The van der Waals surface area contributed by atoms with E-state index in [1.165, 1.54) is 31.3 Å². The van der Waals surface area contributed by atoms with Gasteiger partial charge in [0.1, 0.15) is 28.4 Å². The fraction of sp³-hybridized carbons (Fsp3) is 0.596. The molecule has 300 valence electrons. The van der Waals surface area contributed by atoms with Crippen LogP contribution in [-0.2, 0) is 20.7 Å². The van der Waals surface area contributed by atoms with Gasteiger partial charge in [-0.3, -0.25) is 19.3 Å². The van der Waals surface area contributed by atoms with E-state index < -0.39 is 28.3 Å². The zero-order valence-electron chi connectivity index (χ0n) is 34.7. The number of hydrogen-bond donors (Lipinski definition) is 1. The van der Waals surface area contributed by atoms with Gasteiger partial charge in [0.2, 0.25) is 5.91 Å². The van der Waals surface area contributed by atoms with E-state index in [1.807, 2.05) is 64.7 Å². The molecule has 56 heavy (non-hydrogen) atoms. The van der Waals surface area contributed by atoms with Crippen molar-refractivity contribution in [3.63, 3.8) is 0 Å². The van der Waals surface area contributed by atoms with Crippen LogP contribution in [0.25, 0.3) is 6.08 Å². The second-order valence-corrected chi connectivity index (χ2v) is 18.7. The maximum Gasteiger partial charge on any atom is 0.249 e. The van der Waals surface area contributed by atoms with E-state index in [4.69, 9.17) is 14.2 Å². The fourth-order valence-electron chi connectivity index (χ4n) is 11.0. The van der Waals surface area contributed by atoms with Gasteiger partial charge in [-0.2, -0.15) is 0 Å². The number of rotatable bonds is 9. The normalized spacial score (nSPS) is 31.6. The molecule has 1 aromatic carbocycles. The number of fused-ring (bicyclic) bond motifs is 2. The van der Waals surface area contributed by atoms with Crippen LogP contribution in [0.3, 0.4) is 0 Å². The third kappa shape index (κ3) is 5.97. The lowest BCUT2D eigenvalue weighted by molar-refractivity contribution is -0.171. The summed E-state index contributed by atoms with van der Waals surface area (Å²) in [6.07, 6.45) is 19.3. The summed E-state index contributed by atoms with van der Waals surface area (Å²) in [5.41, 5.74) is -0.0392. The van der Waals surface area contributed by atoms with Gasteiger partial charge in [0.15, 0.2) is 22.8 Å². The van der Waals surface area contributed by atoms with Crippen LogP contribution >= 0.6 is 0 Å². The number of aromatic hydroxyl groups is 1. The molecule has 9 heteroatoms. The van der Waals surface area contributed by atoms with Crippen molar-refractivity contribution in [2.24, 2.45) is 11.8 Å². The van der Waals surface area contributed by atoms with Gasteiger partial charge >= 0.3 is 0 Å². The van der Waals surface area contributed by atoms with Crippen molar-refractivity contribution in [2.45, 2.75) is 142 Å². The molecule has 1 N–H and O–H groups in total. The molecule has 4 aliphatic heterocycles. The Kier molecular flexibility index (Phi) is 9.63. The predicted octanol–water partition coefficient (Wildman–Crippen LogP) is 8.24. The summed E-state index contributed by atoms with van der Waals surface area (Å²) in [5.74, 6) is -0.827. The van der Waals surface area contributed by atoms with Crippen molar-refractivity contribution in [3.8, 4) is 17.2 Å². The zero-order valence-corrected chi connectivity index (χ0v) is 34.7. The number of ether oxygens (including phenoxy) is 3. The second-order valence-electron chi connectivity index (χ2n) is 18.7. The molecule has 4 aliphatic carbocycles. The summed E-state index contributed by atoms with van der Waals surface area (Å²) in [7, 11) is 0. The summed E-state index contributed by atoms with van der Waals surface area (Å²) in [6.45, 7) is 19.1. The molecule has 4 heterocycles. The second kappa shape index (κ2) is 13.9. The van der Waals surface area contributed by atoms with E-state index in [2.05, 4.69) is 30.9 Å². The highest BCUT2D eigenvalue weighted by Gasteiger charge is 2.81. The molecule has 9 rings (SSSR count). The number of carbonyl (C=O) groups is 3. The van der Waals surface area contributed by atoms with Crippen LogP contribution in [0.5, 0.6) is 17.2 Å². The number of piperazine rings is 1. The maximum atomic E-state index is 15.1. The Bertz CT molecular complexity index is 2010. The third-order valence-electron chi connectivity index (χ3n) is 13.9. The third-order valence-corrected chi connectivity index (χ3v) is 13.9. The Balaban J connectivity index is 1.19. The number of phenols is 1. The average Bonchev–Trinajstić information content (AvgIpc) is 3.74. The average molecular weight is 765 g/mol. The zero-order chi connectivity index (χ0) is 39.9. The van der Waals surface area contributed by atoms with Crippen LogP contribution in [-0.4, -0.2) is 87.0 Å². The summed E-state index contributed by atoms with van der Waals surface area (Å²) < 4.78 is 21.2. The molecule has 2 saturated heterocycles. The first kappa shape index (κ1) is 38.9. The van der Waals surface area contributed by atoms with Crippen LogP contribution in [0.15, 0.2) is 52.7 Å². The van der Waals surface area contributed by atoms with Gasteiger partial charge in [0, 0.05) is 67.2 Å². The predicted molar refractivity (Wildman–Crippen MR) is 217 cm³/mol. The molecule has 0 radical (unpaired) electrons. The van der Waals surface area contributed by atoms with Crippen molar-refractivity contribution >= 4 is 23.5 Å². The van der Waals surface area contributed by atoms with Crippen LogP contribution in [0, 0.1) is 11.8 Å². The van der Waals surface area contributed by atoms with Gasteiger partial charge in [-0.05, 0) is 106 Å². The number of nitrogens with zero attached hydrogens (tertiary/aromatic N) is 2. The highest BCUT2D eigenvalue weighted by Crippen LogP contribution is 2.68. The van der Waals surface area contributed by atoms with Gasteiger partial charge in [0.25, 0.3) is 0 Å². The molecular formula is C47H60N2O7. The molecule has 4 bridgehead atoms. The number of allylic oxidation sites excluding steroid dienone is 5. The maximum absolute atomic E-state index is 15.1. The van der Waals surface area contributed by atoms with Crippen LogP contribution < -0.4 is 9.47 Å². The van der Waals surface area contributed by atoms with E-state index in [1.54, 1.807) is 6.08 Å². The molecule has 5 atom stereocenters. The Morgan fingerprint density at radius 1 is 0.929 bits per heavy atom. The Hall–Kier alpha value is -3.95. The summed E-state index contributed by atoms with van der Waals surface area (Å²) >= 11 is 0. The van der Waals surface area contributed by atoms with E-state index in [-0.39, 0.29) is 46.9 Å². The summed E-state index contributed by atoms with van der Waals surface area (Å²) in [4.78, 5) is 48.3. The van der Waals surface area contributed by atoms with Crippen molar-refractivity contribution in [1.29, 1.82) is 0 Å². The van der Waals surface area contributed by atoms with Crippen LogP contribution in [0.4, 0.5) is 0 Å². The van der Waals surface area contributed by atoms with Gasteiger partial charge in [-0.15, -0.1) is 0 Å². The first-order valence-corrected chi connectivity index (χ1v) is 21.0. The Morgan fingerprint density at radius 2 is 1.62 bits per heavy atom. The van der Waals surface area contributed by atoms with Crippen molar-refractivity contribution < 1.29 is 33.7 Å². The minimum Gasteiger partial charge on any atom is -0.506 e. The SMILES string of the molecule is CC(C)=CCCC1(C)C=Cc2c(O)c3c(c(CC=C(C)C)c2O1)OC12C(=CC4CC1C(C)(C)OC2(C/C=C(/C)C(=O)N1CCN(C2CCCC2)CC1)C4=O)C3=O. The number of amides is 1. The number of benzene rings is 1. The lowest BCUT2D eigenvalue weighted by Crippen LogP contribution is -2.72. The highest BCUT2D eigenvalue weighted by atomic mass is 16.6.